The fourth-order valence-corrected chi connectivity index (χ4v) is 18.1. The molecule has 0 atom stereocenters. The van der Waals surface area contributed by atoms with E-state index in [1.54, 1.807) is 79.7 Å². The van der Waals surface area contributed by atoms with E-state index in [2.05, 4.69) is 21.3 Å². The number of nitrogens with one attached hydrogen (secondary N) is 8. The van der Waals surface area contributed by atoms with Crippen LogP contribution in [0.1, 0.15) is 225 Å². The zero-order valence-electron chi connectivity index (χ0n) is 78.5. The highest BCUT2D eigenvalue weighted by Crippen LogP contribution is 2.39. The minimum atomic E-state index is -1.38. The lowest BCUT2D eigenvalue weighted by Crippen LogP contribution is -2.61. The van der Waals surface area contributed by atoms with Crippen LogP contribution < -0.4 is 63.1 Å². The average Bonchev–Trinajstić information content (AvgIpc) is 0.993. The molecule has 0 radical (unpaired) electrons. The van der Waals surface area contributed by atoms with E-state index in [4.69, 9.17) is 68.6 Å². The molecule has 39 nitrogen and oxygen atoms in total. The van der Waals surface area contributed by atoms with Gasteiger partial charge in [0.1, 0.15) is 59.7 Å². The summed E-state index contributed by atoms with van der Waals surface area (Å²) < 4.78 is 77.2. The maximum absolute atomic E-state index is 14.3. The minimum absolute atomic E-state index is 0.0173. The second-order valence-corrected chi connectivity index (χ2v) is 40.2. The summed E-state index contributed by atoms with van der Waals surface area (Å²) >= 11 is 4.27. The maximum atomic E-state index is 14.3. The Balaban J connectivity index is 0.000000237. The van der Waals surface area contributed by atoms with Gasteiger partial charge in [0, 0.05) is 99.6 Å². The second kappa shape index (κ2) is 48.4. The Morgan fingerprint density at radius 2 is 0.648 bits per heavy atom. The molecule has 0 bridgehead atoms. The molecule has 1 aliphatic rings. The van der Waals surface area contributed by atoms with Gasteiger partial charge in [0.15, 0.2) is 46.3 Å². The van der Waals surface area contributed by atoms with Gasteiger partial charge in [-0.25, -0.2) is 55.9 Å². The summed E-state index contributed by atoms with van der Waals surface area (Å²) in [5, 5.41) is 114. The molecule has 0 aliphatic heterocycles. The number of esters is 4. The predicted octanol–water partition coefficient (Wildman–Crippen LogP) is 14.5. The van der Waals surface area contributed by atoms with E-state index in [9.17, 15) is 125 Å². The first-order valence-electron chi connectivity index (χ1n) is 43.2. The molecule has 145 heavy (non-hydrogen) atoms. The van der Waals surface area contributed by atoms with Gasteiger partial charge < -0.3 is 104 Å². The maximum Gasteiger partial charge on any atom is 0.353 e. The van der Waals surface area contributed by atoms with Crippen LogP contribution in [0.2, 0.25) is 0 Å². The number of carboxylic acids is 7. The first-order valence-corrected chi connectivity index (χ1v) is 46.5. The molecule has 47 heteroatoms. The number of aromatic hydroxyl groups is 1. The summed E-state index contributed by atoms with van der Waals surface area (Å²) in [6.07, 6.45) is 0.687. The Hall–Kier alpha value is -16.4. The summed E-state index contributed by atoms with van der Waals surface area (Å²) in [5.74, 6) is -19.9. The highest BCUT2D eigenvalue weighted by molar-refractivity contribution is 7.15. The number of nitrogens with two attached hydrogens (primary N) is 4. The molecular weight excluding hydrogens is 1980 g/mol. The number of amides is 4. The van der Waals surface area contributed by atoms with Crippen LogP contribution in [-0.2, 0) is 64.0 Å². The third-order valence-electron chi connectivity index (χ3n) is 22.1. The number of carbonyl (C=O) groups excluding carboxylic acids is 8. The van der Waals surface area contributed by atoms with Gasteiger partial charge in [0.05, 0.1) is 11.1 Å². The molecule has 11 rings (SSSR count). The highest BCUT2D eigenvalue weighted by Gasteiger charge is 2.48. The molecule has 0 unspecified atom stereocenters. The number of aromatic carboxylic acids is 3. The number of hydrogen-bond donors (Lipinski definition) is 20. The van der Waals surface area contributed by atoms with E-state index < -0.39 is 164 Å². The van der Waals surface area contributed by atoms with Crippen LogP contribution in [0.5, 0.6) is 28.7 Å². The zero-order valence-corrected chi connectivity index (χ0v) is 81.8. The van der Waals surface area contributed by atoms with Crippen LogP contribution in [0, 0.1) is 66.6 Å². The van der Waals surface area contributed by atoms with Crippen LogP contribution in [-0.4, -0.2) is 165 Å². The number of rotatable bonds is 41. The van der Waals surface area contributed by atoms with Gasteiger partial charge in [-0.05, 0) is 222 Å². The van der Waals surface area contributed by atoms with Crippen molar-refractivity contribution in [2.45, 2.75) is 150 Å². The fourth-order valence-electron chi connectivity index (χ4n) is 13.7. The van der Waals surface area contributed by atoms with Gasteiger partial charge >= 0.3 is 65.7 Å². The number of phenols is 1. The summed E-state index contributed by atoms with van der Waals surface area (Å²) in [5.41, 5.74) is 14.6. The molecule has 24 N–H and O–H groups in total. The van der Waals surface area contributed by atoms with Crippen molar-refractivity contribution in [3.05, 3.63) is 259 Å². The quantitative estimate of drug-likeness (QED) is 0.00422. The van der Waals surface area contributed by atoms with Crippen molar-refractivity contribution in [3.8, 4) is 28.7 Å². The first kappa shape index (κ1) is 114. The van der Waals surface area contributed by atoms with Crippen molar-refractivity contribution >= 4 is 169 Å². The molecule has 4 amide bonds. The zero-order chi connectivity index (χ0) is 108. The molecule has 766 valence electrons. The van der Waals surface area contributed by atoms with Gasteiger partial charge in [0.2, 0.25) is 23.6 Å². The van der Waals surface area contributed by atoms with E-state index in [-0.39, 0.29) is 167 Å². The molecular formula is C98H100F4N12O27S4. The van der Waals surface area contributed by atoms with Crippen molar-refractivity contribution < 1.29 is 149 Å². The number of benzene rings is 6. The molecule has 0 saturated heterocycles. The first-order chi connectivity index (χ1) is 67.6. The Kier molecular flexibility index (Phi) is 38.0. The van der Waals surface area contributed by atoms with Gasteiger partial charge in [-0.1, -0.05) is 55.4 Å². The molecule has 1 aliphatic carbocycles. The monoisotopic (exact) mass is 2080 g/mol. The molecule has 1 fully saturated rings. The lowest BCUT2D eigenvalue weighted by molar-refractivity contribution is -0.153. The third kappa shape index (κ3) is 32.0. The van der Waals surface area contributed by atoms with E-state index in [1.165, 1.54) is 84.9 Å². The lowest BCUT2D eigenvalue weighted by Gasteiger charge is -2.40. The molecule has 4 heterocycles. The smallest absolute Gasteiger partial charge is 0.353 e. The number of ether oxygens (including phenoxy) is 4. The molecule has 10 aromatic rings. The number of carboxylic acid groups (broad SMARTS) is 7. The van der Waals surface area contributed by atoms with Crippen molar-refractivity contribution in [3.63, 3.8) is 0 Å². The highest BCUT2D eigenvalue weighted by atomic mass is 32.1. The summed E-state index contributed by atoms with van der Waals surface area (Å²) in [6.45, 7) is 13.2. The van der Waals surface area contributed by atoms with Gasteiger partial charge in [0.25, 0.3) is 0 Å². The number of nitrogen functional groups attached to an aromatic ring is 4. The van der Waals surface area contributed by atoms with Crippen LogP contribution in [0.25, 0.3) is 0 Å². The normalized spacial score (nSPS) is 12.0. The fraction of sp³-hybridized carbons (Fsp3) is 0.276. The molecule has 6 aromatic carbocycles. The van der Waals surface area contributed by atoms with Crippen LogP contribution in [0.3, 0.4) is 0 Å². The van der Waals surface area contributed by atoms with Crippen molar-refractivity contribution in [2.24, 2.45) is 44.6 Å². The number of halogens is 4. The van der Waals surface area contributed by atoms with E-state index in [0.29, 0.717) is 27.5 Å². The van der Waals surface area contributed by atoms with E-state index in [1.807, 2.05) is 0 Å². The number of amidine groups is 4. The summed E-state index contributed by atoms with van der Waals surface area (Å²) in [7, 11) is 0. The number of aliphatic carboxylic acids is 4. The number of hydrogen-bond acceptors (Lipinski definition) is 28. The number of thiophene rings is 4. The van der Waals surface area contributed by atoms with E-state index in [0.717, 1.165) is 105 Å². The van der Waals surface area contributed by atoms with Crippen molar-refractivity contribution in [1.82, 2.24) is 10.6 Å². The van der Waals surface area contributed by atoms with Gasteiger partial charge in [-0.2, -0.15) is 0 Å². The van der Waals surface area contributed by atoms with Crippen molar-refractivity contribution in [2.75, 3.05) is 10.6 Å². The molecule has 0 spiro atoms. The standard InChI is InChI=1S/C27H32FN3O9S.C25H22FN3O7S.C24H22FN3O6S.C22H24FN3O5S/c1-26(2,25(39)31-27(10-7-20(32)33,11-8-21(34)35)12-9-22(36)37)14-16-4-6-19(41-16)24(38)40-18-5-3-15(23(29)30)13-17(18)28;1-25(2,24(35)29-15-8-13(21(30)31)7-14(9-15)22(32)33)11-16-4-6-19(37-16)23(34)36-18-5-3-12(20(27)28)10-17(18)26;1-24(2,23(33)28-13-4-6-17(29)15(10-13)21(30)31)11-14-5-8-19(35-14)22(32)34-18-7-3-12(20(26)27)9-16(18)25;1-21(2,19(28)26-22(20(29)30)8-3-9-22)11-13-5-7-16(32-13)18(27)31-15-6-4-12(17(24)25)10-14(15)23/h3-6,13H,7-12,14H2,1-2H3,(H3,29,30)(H,31,39)(H,32,33)(H,34,35)(H,36,37);3-10H,11H2,1-2H3,(H3,27,28)(H,29,35)(H,30,31)(H,32,33);3-10,29H,11H2,1-2H3,(H3,26,27)(H,28,33)(H,30,31);4-7,10H,3,8-9,11H2,1-2H3,(H3,24,25)(H,26,28)(H,29,30). The number of anilines is 2. The third-order valence-corrected chi connectivity index (χ3v) is 26.4. The Bertz CT molecular complexity index is 6700. The average molecular weight is 2080 g/mol. The second-order valence-electron chi connectivity index (χ2n) is 35.6. The summed E-state index contributed by atoms with van der Waals surface area (Å²) in [4.78, 5) is 184. The van der Waals surface area contributed by atoms with Crippen molar-refractivity contribution in [1.29, 1.82) is 21.6 Å². The largest absolute Gasteiger partial charge is 0.507 e. The Morgan fingerprint density at radius 1 is 0.359 bits per heavy atom. The van der Waals surface area contributed by atoms with Crippen LogP contribution in [0.15, 0.2) is 158 Å². The van der Waals surface area contributed by atoms with Crippen LogP contribution in [0.4, 0.5) is 28.9 Å². The molecule has 4 aromatic heterocycles. The minimum Gasteiger partial charge on any atom is -0.507 e. The van der Waals surface area contributed by atoms with E-state index >= 15 is 0 Å². The van der Waals surface area contributed by atoms with Gasteiger partial charge in [-0.15, -0.1) is 45.3 Å². The lowest BCUT2D eigenvalue weighted by atomic mass is 9.75. The molecule has 1 saturated carbocycles. The predicted molar refractivity (Wildman–Crippen MR) is 523 cm³/mol. The SMILES string of the molecule is CC(C)(Cc1ccc(C(=O)Oc2ccc(C(=N)N)cc2F)s1)C(=O)NC(CCC(=O)O)(CCC(=O)O)CCC(=O)O.CC(C)(Cc1ccc(C(=O)Oc2ccc(C(=N)N)cc2F)s1)C(=O)NC1(C(=O)O)CCC1.CC(C)(Cc1ccc(C(=O)Oc2ccc(C(=N)N)cc2F)s1)C(=O)Nc1cc(C(=O)O)cc(C(=O)O)c1.CC(C)(Cc1ccc(C(=O)Oc2ccc(C(=N)N)cc2F)s1)C(=O)Nc1ccc(O)c(C(=O)O)c1. The van der Waals surface area contributed by atoms with Crippen LogP contribution >= 0.6 is 45.3 Å². The topological polar surface area (TPSA) is 702 Å². The Labute approximate surface area is 838 Å². The van der Waals surface area contributed by atoms with Gasteiger partial charge in [-0.3, -0.25) is 55.2 Å². The Morgan fingerprint density at radius 3 is 0.903 bits per heavy atom. The number of carbonyl (C=O) groups is 15. The summed E-state index contributed by atoms with van der Waals surface area (Å²) in [6, 6.07) is 33.8.